The number of halogens is 1. The molecule has 0 saturated carbocycles. The molecule has 0 spiro atoms. The number of ether oxygens (including phenoxy) is 1. The maximum Gasteiger partial charge on any atom is 0.0464 e. The van der Waals surface area contributed by atoms with Crippen LogP contribution in [0.2, 0.25) is 0 Å². The fraction of sp³-hybridized carbons (Fsp3) is 0.600. The molecule has 102 valence electrons. The Labute approximate surface area is 119 Å². The van der Waals surface area contributed by atoms with Gasteiger partial charge in [-0.25, -0.2) is 0 Å². The molecule has 1 aromatic carbocycles. The lowest BCUT2D eigenvalue weighted by atomic mass is 9.86. The van der Waals surface area contributed by atoms with Gasteiger partial charge in [0.25, 0.3) is 0 Å². The van der Waals surface area contributed by atoms with E-state index < -0.39 is 0 Å². The zero-order chi connectivity index (χ0) is 13.4. The first-order valence-corrected chi connectivity index (χ1v) is 7.34. The van der Waals surface area contributed by atoms with Crippen LogP contribution in [0.3, 0.4) is 0 Å². The average molecular weight is 314 g/mol. The maximum atomic E-state index is 5.18. The highest BCUT2D eigenvalue weighted by Gasteiger charge is 2.16. The molecule has 0 heterocycles. The van der Waals surface area contributed by atoms with Crippen molar-refractivity contribution >= 4 is 15.9 Å². The van der Waals surface area contributed by atoms with Crippen molar-refractivity contribution in [1.82, 2.24) is 5.32 Å². The summed E-state index contributed by atoms with van der Waals surface area (Å²) in [5.41, 5.74) is 1.41. The van der Waals surface area contributed by atoms with E-state index in [4.69, 9.17) is 4.74 Å². The second-order valence-corrected chi connectivity index (χ2v) is 5.82. The quantitative estimate of drug-likeness (QED) is 0.793. The Morgan fingerprint density at radius 1 is 1.28 bits per heavy atom. The van der Waals surface area contributed by atoms with E-state index in [2.05, 4.69) is 52.4 Å². The summed E-state index contributed by atoms with van der Waals surface area (Å²) in [4.78, 5) is 0. The molecular formula is C15H24BrNO. The van der Waals surface area contributed by atoms with Gasteiger partial charge in [-0.05, 0) is 56.0 Å². The molecule has 0 aromatic heterocycles. The standard InChI is InChI=1S/C15H24BrNO/c1-12(8-9-18-3)14(11-17-2)10-13-4-6-15(16)7-5-13/h4-7,12,14,17H,8-11H2,1-3H3. The van der Waals surface area contributed by atoms with Crippen LogP contribution in [0.5, 0.6) is 0 Å². The predicted octanol–water partition coefficient (Wildman–Crippen LogP) is 3.50. The number of nitrogens with one attached hydrogen (secondary N) is 1. The van der Waals surface area contributed by atoms with E-state index in [0.29, 0.717) is 11.8 Å². The summed E-state index contributed by atoms with van der Waals surface area (Å²) in [5, 5.41) is 3.31. The van der Waals surface area contributed by atoms with E-state index in [1.54, 1.807) is 7.11 Å². The molecule has 1 rings (SSSR count). The van der Waals surface area contributed by atoms with Crippen LogP contribution in [0, 0.1) is 11.8 Å². The fourth-order valence-corrected chi connectivity index (χ4v) is 2.46. The Hall–Kier alpha value is -0.380. The number of hydrogen-bond donors (Lipinski definition) is 1. The van der Waals surface area contributed by atoms with Crippen LogP contribution in [0.15, 0.2) is 28.7 Å². The van der Waals surface area contributed by atoms with Crippen molar-refractivity contribution in [3.8, 4) is 0 Å². The van der Waals surface area contributed by atoms with Crippen LogP contribution < -0.4 is 5.32 Å². The van der Waals surface area contributed by atoms with Gasteiger partial charge < -0.3 is 10.1 Å². The first kappa shape index (κ1) is 15.7. The Kier molecular flexibility index (Phi) is 7.56. The molecule has 0 aliphatic rings. The second-order valence-electron chi connectivity index (χ2n) is 4.91. The van der Waals surface area contributed by atoms with Crippen LogP contribution >= 0.6 is 15.9 Å². The van der Waals surface area contributed by atoms with E-state index in [1.807, 2.05) is 7.05 Å². The molecule has 18 heavy (non-hydrogen) atoms. The largest absolute Gasteiger partial charge is 0.385 e. The molecule has 1 aromatic rings. The van der Waals surface area contributed by atoms with Crippen LogP contribution in [0.25, 0.3) is 0 Å². The van der Waals surface area contributed by atoms with E-state index >= 15 is 0 Å². The topological polar surface area (TPSA) is 21.3 Å². The Bertz CT molecular complexity index is 326. The van der Waals surface area contributed by atoms with Crippen molar-refractivity contribution in [3.05, 3.63) is 34.3 Å². The van der Waals surface area contributed by atoms with Crippen molar-refractivity contribution in [2.75, 3.05) is 27.3 Å². The van der Waals surface area contributed by atoms with Crippen LogP contribution in [0.1, 0.15) is 18.9 Å². The second kappa shape index (κ2) is 8.68. The van der Waals surface area contributed by atoms with Crippen molar-refractivity contribution in [2.45, 2.75) is 19.8 Å². The van der Waals surface area contributed by atoms with Gasteiger partial charge in [0.15, 0.2) is 0 Å². The smallest absolute Gasteiger partial charge is 0.0464 e. The third-order valence-electron chi connectivity index (χ3n) is 3.46. The molecule has 2 nitrogen and oxygen atoms in total. The summed E-state index contributed by atoms with van der Waals surface area (Å²) < 4.78 is 6.32. The molecule has 0 saturated heterocycles. The lowest BCUT2D eigenvalue weighted by molar-refractivity contribution is 0.164. The minimum Gasteiger partial charge on any atom is -0.385 e. The van der Waals surface area contributed by atoms with Gasteiger partial charge >= 0.3 is 0 Å². The highest BCUT2D eigenvalue weighted by atomic mass is 79.9. The average Bonchev–Trinajstić information content (AvgIpc) is 2.38. The van der Waals surface area contributed by atoms with E-state index in [0.717, 1.165) is 30.5 Å². The number of rotatable bonds is 8. The highest BCUT2D eigenvalue weighted by molar-refractivity contribution is 9.10. The maximum absolute atomic E-state index is 5.18. The van der Waals surface area contributed by atoms with Crippen molar-refractivity contribution < 1.29 is 4.74 Å². The summed E-state index contributed by atoms with van der Waals surface area (Å²) in [6.45, 7) is 4.22. The summed E-state index contributed by atoms with van der Waals surface area (Å²) in [5.74, 6) is 1.33. The third kappa shape index (κ3) is 5.51. The zero-order valence-corrected chi connectivity index (χ0v) is 13.2. The predicted molar refractivity (Wildman–Crippen MR) is 80.9 cm³/mol. The van der Waals surface area contributed by atoms with Crippen LogP contribution in [0.4, 0.5) is 0 Å². The fourth-order valence-electron chi connectivity index (χ4n) is 2.20. The van der Waals surface area contributed by atoms with Gasteiger partial charge in [-0.15, -0.1) is 0 Å². The molecule has 0 aliphatic carbocycles. The number of benzene rings is 1. The Balaban J connectivity index is 2.58. The molecule has 0 radical (unpaired) electrons. The van der Waals surface area contributed by atoms with Crippen LogP contribution in [-0.2, 0) is 11.2 Å². The SMILES string of the molecule is CNCC(Cc1ccc(Br)cc1)C(C)CCOC. The minimum atomic E-state index is 0.659. The number of methoxy groups -OCH3 is 1. The first-order valence-electron chi connectivity index (χ1n) is 6.55. The van der Waals surface area contributed by atoms with Gasteiger partial charge in [-0.2, -0.15) is 0 Å². The van der Waals surface area contributed by atoms with Crippen molar-refractivity contribution in [2.24, 2.45) is 11.8 Å². The minimum absolute atomic E-state index is 0.659. The summed E-state index contributed by atoms with van der Waals surface area (Å²) in [7, 11) is 3.80. The van der Waals surface area contributed by atoms with E-state index in [9.17, 15) is 0 Å². The lowest BCUT2D eigenvalue weighted by Gasteiger charge is -2.24. The van der Waals surface area contributed by atoms with Crippen molar-refractivity contribution in [3.63, 3.8) is 0 Å². The molecule has 0 bridgehead atoms. The summed E-state index contributed by atoms with van der Waals surface area (Å²) in [6.07, 6.45) is 2.25. The zero-order valence-electron chi connectivity index (χ0n) is 11.6. The summed E-state index contributed by atoms with van der Waals surface area (Å²) >= 11 is 3.48. The highest BCUT2D eigenvalue weighted by Crippen LogP contribution is 2.21. The first-order chi connectivity index (χ1) is 8.67. The van der Waals surface area contributed by atoms with Gasteiger partial charge in [0, 0.05) is 18.2 Å². The van der Waals surface area contributed by atoms with Crippen LogP contribution in [-0.4, -0.2) is 27.3 Å². The molecule has 0 amide bonds. The van der Waals surface area contributed by atoms with Crippen molar-refractivity contribution in [1.29, 1.82) is 0 Å². The van der Waals surface area contributed by atoms with Gasteiger partial charge in [0.1, 0.15) is 0 Å². The molecule has 2 unspecified atom stereocenters. The monoisotopic (exact) mass is 313 g/mol. The summed E-state index contributed by atoms with van der Waals surface area (Å²) in [6, 6.07) is 8.64. The molecule has 2 atom stereocenters. The normalized spacial score (nSPS) is 14.4. The lowest BCUT2D eigenvalue weighted by Crippen LogP contribution is -2.27. The molecular weight excluding hydrogens is 290 g/mol. The Morgan fingerprint density at radius 3 is 2.50 bits per heavy atom. The van der Waals surface area contributed by atoms with Gasteiger partial charge in [-0.3, -0.25) is 0 Å². The molecule has 0 fully saturated rings. The van der Waals surface area contributed by atoms with E-state index in [1.165, 1.54) is 5.56 Å². The van der Waals surface area contributed by atoms with Gasteiger partial charge in [-0.1, -0.05) is 35.0 Å². The number of hydrogen-bond acceptors (Lipinski definition) is 2. The Morgan fingerprint density at radius 2 is 1.94 bits per heavy atom. The van der Waals surface area contributed by atoms with Gasteiger partial charge in [0.2, 0.25) is 0 Å². The molecule has 0 aliphatic heterocycles. The molecule has 1 N–H and O–H groups in total. The molecule has 3 heteroatoms. The van der Waals surface area contributed by atoms with E-state index in [-0.39, 0.29) is 0 Å². The third-order valence-corrected chi connectivity index (χ3v) is 3.99. The van der Waals surface area contributed by atoms with Gasteiger partial charge in [0.05, 0.1) is 0 Å².